The number of hydrogen-bond donors (Lipinski definition) is 1. The fourth-order valence-electron chi connectivity index (χ4n) is 4.71. The maximum Gasteiger partial charge on any atom is 0.329 e. The predicted molar refractivity (Wildman–Crippen MR) is 170 cm³/mol. The molecule has 4 rings (SSSR count). The molecule has 43 heavy (non-hydrogen) atoms. The van der Waals surface area contributed by atoms with Gasteiger partial charge in [-0.1, -0.05) is 27.7 Å². The molecule has 225 valence electrons. The Morgan fingerprint density at radius 3 is 2.67 bits per heavy atom. The molecule has 0 fully saturated rings. The van der Waals surface area contributed by atoms with E-state index in [2.05, 4.69) is 57.2 Å². The smallest absolute Gasteiger partial charge is 0.329 e. The van der Waals surface area contributed by atoms with Crippen LogP contribution < -0.4 is 14.9 Å². The number of nitriles is 1. The molecular weight excluding hydrogens is 564 g/mol. The Hall–Kier alpha value is -3.79. The first-order valence-electron chi connectivity index (χ1n) is 14.1. The third kappa shape index (κ3) is 7.07. The number of fused-ring (bicyclic) bond motifs is 1. The highest BCUT2D eigenvalue weighted by atomic mass is 28.4. The molecular formula is C31H38BFN5O4Si. The summed E-state index contributed by atoms with van der Waals surface area (Å²) in [6, 6.07) is 12.0. The van der Waals surface area contributed by atoms with E-state index in [-0.39, 0.29) is 17.6 Å². The van der Waals surface area contributed by atoms with Crippen LogP contribution in [0.4, 0.5) is 21.7 Å². The van der Waals surface area contributed by atoms with Crippen molar-refractivity contribution >= 4 is 39.2 Å². The SMILES string of the molecule is COCCOc1cc(F)ccc1Nc1nccc(-c2cc(C#N)c3c(c2)[C@@](C)(CO[Si](C)(C)C(C)(C)C)CN3[B]C=O)n1. The summed E-state index contributed by atoms with van der Waals surface area (Å²) in [6.45, 7) is 14.7. The van der Waals surface area contributed by atoms with Gasteiger partial charge < -0.3 is 28.8 Å². The second kappa shape index (κ2) is 12.8. The van der Waals surface area contributed by atoms with Crippen LogP contribution in [0.15, 0.2) is 42.6 Å². The molecule has 0 spiro atoms. The number of methoxy groups -OCH3 is 1. The van der Waals surface area contributed by atoms with Crippen molar-refractivity contribution in [3.8, 4) is 23.1 Å². The van der Waals surface area contributed by atoms with Crippen molar-refractivity contribution < 1.29 is 23.1 Å². The lowest BCUT2D eigenvalue weighted by atomic mass is 9.83. The van der Waals surface area contributed by atoms with Gasteiger partial charge in [-0.05, 0) is 54.0 Å². The molecule has 0 amide bonds. The fraction of sp³-hybridized carbons (Fsp3) is 0.419. The topological polar surface area (TPSA) is 110 Å². The van der Waals surface area contributed by atoms with Crippen LogP contribution in [-0.4, -0.2) is 65.4 Å². The van der Waals surface area contributed by atoms with Gasteiger partial charge in [-0.15, -0.1) is 0 Å². The molecule has 1 aromatic heterocycles. The highest BCUT2D eigenvalue weighted by Gasteiger charge is 2.44. The fourth-order valence-corrected chi connectivity index (χ4v) is 5.82. The lowest BCUT2D eigenvalue weighted by molar-refractivity contribution is 0.146. The zero-order chi connectivity index (χ0) is 31.4. The molecule has 3 aromatic rings. The number of carbonyl (C=O) groups excluding carboxylic acids is 1. The van der Waals surface area contributed by atoms with Crippen LogP contribution in [-0.2, 0) is 19.4 Å². The standard InChI is InChI=1S/C31H38BFN5O4Si/c1-30(2,3)43(6,7)42-19-31(4)18-38(32-20-39)28-22(17-34)14-21(15-24(28)31)25-10-11-35-29(36-25)37-26-9-8-23(33)16-27(26)41-13-12-40-5/h8-11,14-16,20H,12-13,18-19H2,1-7H3,(H,35,36,37)/t31-/m1/s1. The van der Waals surface area contributed by atoms with Crippen LogP contribution in [0.5, 0.6) is 5.75 Å². The average molecular weight is 603 g/mol. The van der Waals surface area contributed by atoms with Crippen LogP contribution >= 0.6 is 0 Å². The number of rotatable bonds is 12. The third-order valence-electron chi connectivity index (χ3n) is 8.17. The Balaban J connectivity index is 1.71. The molecule has 0 unspecified atom stereocenters. The number of carbonyl (C=O) groups is 1. The zero-order valence-corrected chi connectivity index (χ0v) is 26.8. The number of nitrogens with zero attached hydrogens (tertiary/aromatic N) is 4. The van der Waals surface area contributed by atoms with Crippen LogP contribution in [0.3, 0.4) is 0 Å². The van der Waals surface area contributed by atoms with Gasteiger partial charge in [-0.3, -0.25) is 0 Å². The molecule has 1 aliphatic rings. The van der Waals surface area contributed by atoms with Crippen molar-refractivity contribution in [2.45, 2.75) is 51.2 Å². The average Bonchev–Trinajstić information content (AvgIpc) is 3.24. The summed E-state index contributed by atoms with van der Waals surface area (Å²) < 4.78 is 31.3. The summed E-state index contributed by atoms with van der Waals surface area (Å²) in [6.07, 6.45) is 2.36. The van der Waals surface area contributed by atoms with Crippen LogP contribution in [0.25, 0.3) is 11.3 Å². The lowest BCUT2D eigenvalue weighted by Gasteiger charge is -2.39. The summed E-state index contributed by atoms with van der Waals surface area (Å²) >= 11 is 0. The van der Waals surface area contributed by atoms with Gasteiger partial charge in [0.05, 0.1) is 23.6 Å². The summed E-state index contributed by atoms with van der Waals surface area (Å²) in [5, 5.41) is 13.3. The van der Waals surface area contributed by atoms with E-state index in [0.717, 1.165) is 17.3 Å². The molecule has 2 aromatic carbocycles. The monoisotopic (exact) mass is 602 g/mol. The Morgan fingerprint density at radius 1 is 1.23 bits per heavy atom. The van der Waals surface area contributed by atoms with E-state index in [1.54, 1.807) is 31.5 Å². The van der Waals surface area contributed by atoms with E-state index < -0.39 is 19.5 Å². The van der Waals surface area contributed by atoms with Gasteiger partial charge in [0.25, 0.3) is 0 Å². The Morgan fingerprint density at radius 2 is 2.00 bits per heavy atom. The largest absolute Gasteiger partial charge is 0.489 e. The number of anilines is 3. The predicted octanol–water partition coefficient (Wildman–Crippen LogP) is 5.83. The minimum atomic E-state index is -2.08. The van der Waals surface area contributed by atoms with Crippen LogP contribution in [0.2, 0.25) is 18.1 Å². The minimum Gasteiger partial charge on any atom is -0.489 e. The number of benzene rings is 2. The van der Waals surface area contributed by atoms with Gasteiger partial charge in [0, 0.05) is 49.2 Å². The molecule has 0 bridgehead atoms. The van der Waals surface area contributed by atoms with Gasteiger partial charge in [-0.2, -0.15) is 5.26 Å². The molecule has 12 heteroatoms. The van der Waals surface area contributed by atoms with Crippen molar-refractivity contribution in [3.05, 3.63) is 59.5 Å². The van der Waals surface area contributed by atoms with Crippen molar-refractivity contribution in [2.75, 3.05) is 43.6 Å². The first-order chi connectivity index (χ1) is 20.3. The van der Waals surface area contributed by atoms with E-state index in [9.17, 15) is 14.4 Å². The minimum absolute atomic E-state index is 0.0304. The zero-order valence-electron chi connectivity index (χ0n) is 25.8. The van der Waals surface area contributed by atoms with Crippen LogP contribution in [0, 0.1) is 17.1 Å². The number of aromatic nitrogens is 2. The molecule has 0 saturated carbocycles. The van der Waals surface area contributed by atoms with Gasteiger partial charge in [0.1, 0.15) is 30.4 Å². The van der Waals surface area contributed by atoms with Crippen LogP contribution in [0.1, 0.15) is 38.8 Å². The van der Waals surface area contributed by atoms with E-state index in [4.69, 9.17) is 18.9 Å². The summed E-state index contributed by atoms with van der Waals surface area (Å²) in [5.41, 5.74) is 3.38. The van der Waals surface area contributed by atoms with Gasteiger partial charge >= 0.3 is 7.41 Å². The van der Waals surface area contributed by atoms with Crippen molar-refractivity contribution in [2.24, 2.45) is 0 Å². The van der Waals surface area contributed by atoms with E-state index in [1.165, 1.54) is 19.5 Å². The Labute approximate surface area is 254 Å². The third-order valence-corrected chi connectivity index (χ3v) is 12.7. The van der Waals surface area contributed by atoms with E-state index in [0.29, 0.717) is 48.1 Å². The number of hydrogen-bond acceptors (Lipinski definition) is 9. The summed E-state index contributed by atoms with van der Waals surface area (Å²) in [4.78, 5) is 22.5. The molecule has 1 N–H and O–H groups in total. The van der Waals surface area contributed by atoms with Gasteiger partial charge in [0.15, 0.2) is 8.32 Å². The molecule has 0 aliphatic carbocycles. The highest BCUT2D eigenvalue weighted by molar-refractivity contribution is 6.74. The number of ether oxygens (including phenoxy) is 2. The molecule has 0 saturated heterocycles. The molecule has 1 atom stereocenters. The van der Waals surface area contributed by atoms with Crippen molar-refractivity contribution in [1.82, 2.24) is 9.97 Å². The molecule has 2 heterocycles. The lowest BCUT2D eigenvalue weighted by Crippen LogP contribution is -2.46. The molecule has 9 nitrogen and oxygen atoms in total. The molecule has 1 aliphatic heterocycles. The number of nitrogens with one attached hydrogen (secondary N) is 1. The maximum atomic E-state index is 13.9. The highest BCUT2D eigenvalue weighted by Crippen LogP contribution is 2.46. The van der Waals surface area contributed by atoms with E-state index >= 15 is 0 Å². The first-order valence-corrected chi connectivity index (χ1v) is 17.0. The van der Waals surface area contributed by atoms with Crippen molar-refractivity contribution in [1.29, 1.82) is 5.26 Å². The van der Waals surface area contributed by atoms with Gasteiger partial charge in [0.2, 0.25) is 5.95 Å². The quantitative estimate of drug-likeness (QED) is 0.156. The summed E-state index contributed by atoms with van der Waals surface area (Å²) in [5.74, 6) is 0.148. The Bertz CT molecular complexity index is 1530. The maximum absolute atomic E-state index is 13.9. The molecule has 1 radical (unpaired) electrons. The second-order valence-electron chi connectivity index (χ2n) is 12.4. The van der Waals surface area contributed by atoms with Crippen molar-refractivity contribution in [3.63, 3.8) is 0 Å². The summed E-state index contributed by atoms with van der Waals surface area (Å²) in [7, 11) is 0.955. The first kappa shape index (κ1) is 32.1. The normalized spacial score (nSPS) is 16.4. The Kier molecular flexibility index (Phi) is 9.59. The van der Waals surface area contributed by atoms with E-state index in [1.807, 2.05) is 10.9 Å². The van der Waals surface area contributed by atoms with Gasteiger partial charge in [-0.25, -0.2) is 14.4 Å². The number of halogens is 1. The second-order valence-corrected chi connectivity index (χ2v) is 17.2.